The molecule has 2 aromatic carbocycles. The molecule has 0 aliphatic carbocycles. The van der Waals surface area contributed by atoms with Gasteiger partial charge in [-0.2, -0.15) is 0 Å². The average Bonchev–Trinajstić information content (AvgIpc) is 3.42. The number of rotatable bonds is 4. The third kappa shape index (κ3) is 4.01. The first-order chi connectivity index (χ1) is 16.0. The summed E-state index contributed by atoms with van der Waals surface area (Å²) in [6.45, 7) is 2.45. The van der Waals surface area contributed by atoms with Crippen molar-refractivity contribution in [1.82, 2.24) is 9.97 Å². The summed E-state index contributed by atoms with van der Waals surface area (Å²) in [4.78, 5) is 36.5. The van der Waals surface area contributed by atoms with E-state index in [1.165, 1.54) is 23.5 Å². The largest absolute Gasteiger partial charge is 0.308 e. The fourth-order valence-electron chi connectivity index (χ4n) is 3.93. The lowest BCUT2D eigenvalue weighted by molar-refractivity contribution is 0.0984. The number of carbonyl (C=O) groups excluding carboxylic acids is 2. The fourth-order valence-corrected chi connectivity index (χ4v) is 4.76. The third-order valence-corrected chi connectivity index (χ3v) is 6.44. The molecule has 164 valence electrons. The second-order valence-corrected chi connectivity index (χ2v) is 8.85. The molecule has 33 heavy (non-hydrogen) atoms. The van der Waals surface area contributed by atoms with Crippen LogP contribution in [0.1, 0.15) is 31.2 Å². The number of anilines is 2. The number of benzene rings is 2. The number of aryl methyl sites for hydroxylation is 1. The molecule has 4 aromatic rings. The molecule has 0 saturated heterocycles. The van der Waals surface area contributed by atoms with Crippen LogP contribution in [0.15, 0.2) is 67.0 Å². The Labute approximate surface area is 193 Å². The summed E-state index contributed by atoms with van der Waals surface area (Å²) in [5.41, 5.74) is 4.06. The molecule has 3 heterocycles. The highest BCUT2D eigenvalue weighted by molar-refractivity contribution is 7.16. The predicted octanol–water partition coefficient (Wildman–Crippen LogP) is 5.11. The summed E-state index contributed by atoms with van der Waals surface area (Å²) in [6, 6.07) is 15.1. The first kappa shape index (κ1) is 21.0. The number of pyridine rings is 1. The molecule has 0 bridgehead atoms. The van der Waals surface area contributed by atoms with E-state index in [0.29, 0.717) is 23.7 Å². The van der Waals surface area contributed by atoms with Crippen molar-refractivity contribution in [2.24, 2.45) is 0 Å². The molecule has 0 saturated carbocycles. The quantitative estimate of drug-likeness (QED) is 0.461. The van der Waals surface area contributed by atoms with E-state index in [-0.39, 0.29) is 17.4 Å². The van der Waals surface area contributed by atoms with E-state index in [4.69, 9.17) is 0 Å². The Kier molecular flexibility index (Phi) is 5.43. The monoisotopic (exact) mass is 458 g/mol. The molecule has 2 aromatic heterocycles. The number of hydrogen-bond donors (Lipinski definition) is 1. The van der Waals surface area contributed by atoms with Gasteiger partial charge >= 0.3 is 0 Å². The minimum absolute atomic E-state index is 0.0688. The minimum atomic E-state index is -0.521. The zero-order chi connectivity index (χ0) is 22.9. The van der Waals surface area contributed by atoms with E-state index in [0.717, 1.165) is 27.4 Å². The number of halogens is 1. The maximum Gasteiger partial charge on any atom is 0.261 e. The van der Waals surface area contributed by atoms with Crippen LogP contribution < -0.4 is 10.2 Å². The van der Waals surface area contributed by atoms with E-state index in [1.807, 2.05) is 25.1 Å². The van der Waals surface area contributed by atoms with Crippen LogP contribution in [-0.4, -0.2) is 28.3 Å². The van der Waals surface area contributed by atoms with Crippen molar-refractivity contribution in [2.45, 2.75) is 13.3 Å². The summed E-state index contributed by atoms with van der Waals surface area (Å²) in [6.07, 6.45) is 3.81. The molecule has 0 fully saturated rings. The van der Waals surface area contributed by atoms with E-state index in [1.54, 1.807) is 41.6 Å². The van der Waals surface area contributed by atoms with Crippen LogP contribution in [0.2, 0.25) is 0 Å². The standard InChI is InChI=1S/C25H19FN4O2S/c1-15-22(28-25(33-15)29-23(31)16-8-11-27-12-9-16)18-6-7-21-17(14-18)10-13-30(21)24(32)19-4-2-3-5-20(19)26/h2-9,11-12,14H,10,13H2,1H3,(H,28,29,31). The van der Waals surface area contributed by atoms with Gasteiger partial charge < -0.3 is 4.90 Å². The van der Waals surface area contributed by atoms with Crippen LogP contribution >= 0.6 is 11.3 Å². The number of fused-ring (bicyclic) bond motifs is 1. The van der Waals surface area contributed by atoms with Gasteiger partial charge in [0.15, 0.2) is 5.13 Å². The van der Waals surface area contributed by atoms with Gasteiger partial charge in [-0.3, -0.25) is 19.9 Å². The Bertz CT molecular complexity index is 1370. The highest BCUT2D eigenvalue weighted by atomic mass is 32.1. The van der Waals surface area contributed by atoms with Crippen LogP contribution in [0.5, 0.6) is 0 Å². The van der Waals surface area contributed by atoms with Crippen LogP contribution in [0.25, 0.3) is 11.3 Å². The molecule has 1 aliphatic rings. The smallest absolute Gasteiger partial charge is 0.261 e. The van der Waals surface area contributed by atoms with E-state index in [2.05, 4.69) is 15.3 Å². The summed E-state index contributed by atoms with van der Waals surface area (Å²) >= 11 is 1.40. The number of thiazole rings is 1. The summed E-state index contributed by atoms with van der Waals surface area (Å²) in [5, 5.41) is 3.35. The maximum absolute atomic E-state index is 14.1. The first-order valence-corrected chi connectivity index (χ1v) is 11.2. The lowest BCUT2D eigenvalue weighted by Crippen LogP contribution is -2.29. The number of nitrogens with one attached hydrogen (secondary N) is 1. The highest BCUT2D eigenvalue weighted by Gasteiger charge is 2.27. The SMILES string of the molecule is Cc1sc(NC(=O)c2ccncc2)nc1-c1ccc2c(c1)CCN2C(=O)c1ccccc1F. The van der Waals surface area contributed by atoms with Crippen molar-refractivity contribution in [1.29, 1.82) is 0 Å². The average molecular weight is 459 g/mol. The van der Waals surface area contributed by atoms with Gasteiger partial charge in [-0.25, -0.2) is 9.37 Å². The van der Waals surface area contributed by atoms with E-state index in [9.17, 15) is 14.0 Å². The van der Waals surface area contributed by atoms with Crippen molar-refractivity contribution in [2.75, 3.05) is 16.8 Å². The molecule has 0 atom stereocenters. The van der Waals surface area contributed by atoms with Gasteiger partial charge in [-0.05, 0) is 55.3 Å². The topological polar surface area (TPSA) is 75.2 Å². The molecule has 0 radical (unpaired) electrons. The van der Waals surface area contributed by atoms with Crippen molar-refractivity contribution >= 4 is 34.0 Å². The number of aromatic nitrogens is 2. The summed E-state index contributed by atoms with van der Waals surface area (Å²) in [7, 11) is 0. The maximum atomic E-state index is 14.1. The predicted molar refractivity (Wildman–Crippen MR) is 126 cm³/mol. The minimum Gasteiger partial charge on any atom is -0.308 e. The van der Waals surface area contributed by atoms with Gasteiger partial charge in [0.1, 0.15) is 5.82 Å². The second-order valence-electron chi connectivity index (χ2n) is 7.64. The number of carbonyl (C=O) groups is 2. The Morgan fingerprint density at radius 3 is 2.67 bits per heavy atom. The van der Waals surface area contributed by atoms with Gasteiger partial charge in [0.05, 0.1) is 11.3 Å². The van der Waals surface area contributed by atoms with E-state index >= 15 is 0 Å². The Balaban J connectivity index is 1.39. The van der Waals surface area contributed by atoms with Crippen molar-refractivity contribution in [3.8, 4) is 11.3 Å². The van der Waals surface area contributed by atoms with Crippen molar-refractivity contribution < 1.29 is 14.0 Å². The van der Waals surface area contributed by atoms with Gasteiger partial charge in [0.25, 0.3) is 11.8 Å². The third-order valence-electron chi connectivity index (χ3n) is 5.56. The molecule has 5 rings (SSSR count). The molecular formula is C25H19FN4O2S. The van der Waals surface area contributed by atoms with Gasteiger partial charge in [-0.15, -0.1) is 11.3 Å². The number of amides is 2. The molecule has 6 nitrogen and oxygen atoms in total. The van der Waals surface area contributed by atoms with Crippen LogP contribution in [-0.2, 0) is 6.42 Å². The van der Waals surface area contributed by atoms with Crippen molar-refractivity contribution in [3.63, 3.8) is 0 Å². The number of nitrogens with zero attached hydrogens (tertiary/aromatic N) is 3. The Morgan fingerprint density at radius 1 is 1.09 bits per heavy atom. The highest BCUT2D eigenvalue weighted by Crippen LogP contribution is 2.36. The molecule has 0 spiro atoms. The Morgan fingerprint density at radius 2 is 1.88 bits per heavy atom. The Hall–Kier alpha value is -3.91. The molecule has 1 N–H and O–H groups in total. The summed E-state index contributed by atoms with van der Waals surface area (Å²) < 4.78 is 14.1. The molecule has 0 unspecified atom stereocenters. The molecular weight excluding hydrogens is 439 g/mol. The zero-order valence-corrected chi connectivity index (χ0v) is 18.5. The van der Waals surface area contributed by atoms with Crippen LogP contribution in [0, 0.1) is 12.7 Å². The normalized spacial score (nSPS) is 12.5. The first-order valence-electron chi connectivity index (χ1n) is 10.4. The van der Waals surface area contributed by atoms with Gasteiger partial charge in [0.2, 0.25) is 0 Å². The second kappa shape index (κ2) is 8.55. The lowest BCUT2D eigenvalue weighted by atomic mass is 10.1. The molecule has 1 aliphatic heterocycles. The zero-order valence-electron chi connectivity index (χ0n) is 17.7. The summed E-state index contributed by atoms with van der Waals surface area (Å²) in [5.74, 6) is -1.11. The molecule has 2 amide bonds. The van der Waals surface area contributed by atoms with Crippen LogP contribution in [0.3, 0.4) is 0 Å². The fraction of sp³-hybridized carbons (Fsp3) is 0.120. The van der Waals surface area contributed by atoms with Gasteiger partial charge in [-0.1, -0.05) is 18.2 Å². The van der Waals surface area contributed by atoms with Gasteiger partial charge in [0, 0.05) is 40.6 Å². The van der Waals surface area contributed by atoms with Crippen LogP contribution in [0.4, 0.5) is 15.2 Å². The number of hydrogen-bond acceptors (Lipinski definition) is 5. The lowest BCUT2D eigenvalue weighted by Gasteiger charge is -2.18. The molecule has 8 heteroatoms. The van der Waals surface area contributed by atoms with Crippen molar-refractivity contribution in [3.05, 3.63) is 94.4 Å². The van der Waals surface area contributed by atoms with E-state index < -0.39 is 5.82 Å².